The van der Waals surface area contributed by atoms with Gasteiger partial charge in [-0.2, -0.15) is 0 Å². The molecule has 0 radical (unpaired) electrons. The van der Waals surface area contributed by atoms with Gasteiger partial charge in [0.25, 0.3) is 0 Å². The van der Waals surface area contributed by atoms with Crippen LogP contribution in [0.4, 0.5) is 4.79 Å². The highest BCUT2D eigenvalue weighted by molar-refractivity contribution is 5.75. The molecule has 0 spiro atoms. The van der Waals surface area contributed by atoms with Gasteiger partial charge in [0.1, 0.15) is 6.10 Å². The molecular weight excluding hydrogens is 176 g/mol. The molecule has 0 saturated carbocycles. The minimum Gasteiger partial charge on any atom is -0.446 e. The third kappa shape index (κ3) is 5.02. The molecule has 6 heteroatoms. The van der Waals surface area contributed by atoms with E-state index in [9.17, 15) is 9.59 Å². The van der Waals surface area contributed by atoms with Crippen LogP contribution in [-0.4, -0.2) is 37.3 Å². The fourth-order valence-corrected chi connectivity index (χ4v) is 0.716. The van der Waals surface area contributed by atoms with Crippen LogP contribution in [0.1, 0.15) is 13.3 Å². The molecule has 6 nitrogen and oxygen atoms in total. The second-order valence-corrected chi connectivity index (χ2v) is 2.53. The van der Waals surface area contributed by atoms with Gasteiger partial charge in [-0.25, -0.2) is 9.86 Å². The van der Waals surface area contributed by atoms with Gasteiger partial charge in [0.2, 0.25) is 5.91 Å². The zero-order valence-electron chi connectivity index (χ0n) is 7.94. The standard InChI is InChI=1S/C7H14N2O4/c1-5(13-7(8)11)4-6(10)9(2)12-3/h5H,4H2,1-3H3,(H2,8,11)/t5-/m0/s1. The van der Waals surface area contributed by atoms with E-state index < -0.39 is 12.2 Å². The summed E-state index contributed by atoms with van der Waals surface area (Å²) in [6, 6.07) is 0. The smallest absolute Gasteiger partial charge is 0.404 e. The summed E-state index contributed by atoms with van der Waals surface area (Å²) in [7, 11) is 2.84. The van der Waals surface area contributed by atoms with E-state index in [1.165, 1.54) is 14.2 Å². The number of nitrogens with zero attached hydrogens (tertiary/aromatic N) is 1. The van der Waals surface area contributed by atoms with Crippen LogP contribution in [0.15, 0.2) is 0 Å². The Labute approximate surface area is 76.5 Å². The largest absolute Gasteiger partial charge is 0.446 e. The highest BCUT2D eigenvalue weighted by Gasteiger charge is 2.15. The summed E-state index contributed by atoms with van der Waals surface area (Å²) in [5.41, 5.74) is 4.76. The number of hydrogen-bond donors (Lipinski definition) is 1. The van der Waals surface area contributed by atoms with Crippen molar-refractivity contribution in [3.63, 3.8) is 0 Å². The van der Waals surface area contributed by atoms with Crippen molar-refractivity contribution in [1.82, 2.24) is 5.06 Å². The first kappa shape index (κ1) is 11.7. The first-order chi connectivity index (χ1) is 5.97. The van der Waals surface area contributed by atoms with Crippen LogP contribution in [0, 0.1) is 0 Å². The van der Waals surface area contributed by atoms with Crippen molar-refractivity contribution in [2.45, 2.75) is 19.4 Å². The third-order valence-corrected chi connectivity index (χ3v) is 1.40. The molecule has 0 aliphatic carbocycles. The summed E-state index contributed by atoms with van der Waals surface area (Å²) in [6.07, 6.45) is -1.38. The monoisotopic (exact) mass is 190 g/mol. The maximum absolute atomic E-state index is 11.1. The van der Waals surface area contributed by atoms with E-state index in [1.54, 1.807) is 6.92 Å². The first-order valence-electron chi connectivity index (χ1n) is 3.74. The lowest BCUT2D eigenvalue weighted by Crippen LogP contribution is -2.30. The second kappa shape index (κ2) is 5.36. The van der Waals surface area contributed by atoms with Gasteiger partial charge in [-0.15, -0.1) is 0 Å². The van der Waals surface area contributed by atoms with Crippen molar-refractivity contribution < 1.29 is 19.2 Å². The van der Waals surface area contributed by atoms with Crippen LogP contribution in [0.25, 0.3) is 0 Å². The average Bonchev–Trinajstić information content (AvgIpc) is 2.01. The Morgan fingerprint density at radius 1 is 1.54 bits per heavy atom. The molecule has 0 bridgehead atoms. The molecule has 0 aromatic heterocycles. The number of rotatable bonds is 4. The minimum absolute atomic E-state index is 0.0489. The van der Waals surface area contributed by atoms with Gasteiger partial charge in [0.05, 0.1) is 13.5 Å². The molecule has 0 aliphatic heterocycles. The predicted octanol–water partition coefficient (Wildman–Crippen LogP) is -0.120. The van der Waals surface area contributed by atoms with Crippen molar-refractivity contribution >= 4 is 12.0 Å². The van der Waals surface area contributed by atoms with Crippen LogP contribution in [0.5, 0.6) is 0 Å². The lowest BCUT2D eigenvalue weighted by atomic mass is 10.3. The normalized spacial score (nSPS) is 11.9. The zero-order valence-corrected chi connectivity index (χ0v) is 7.94. The molecule has 0 unspecified atom stereocenters. The summed E-state index contributed by atoms with van der Waals surface area (Å²) < 4.78 is 4.55. The van der Waals surface area contributed by atoms with Crippen LogP contribution < -0.4 is 5.73 Å². The average molecular weight is 190 g/mol. The molecule has 1 atom stereocenters. The molecule has 0 heterocycles. The quantitative estimate of drug-likeness (QED) is 0.626. The number of primary amides is 1. The second-order valence-electron chi connectivity index (χ2n) is 2.53. The van der Waals surface area contributed by atoms with E-state index in [1.807, 2.05) is 0 Å². The maximum atomic E-state index is 11.1. The fraction of sp³-hybridized carbons (Fsp3) is 0.714. The highest BCUT2D eigenvalue weighted by atomic mass is 16.7. The topological polar surface area (TPSA) is 81.9 Å². The number of nitrogens with two attached hydrogens (primary N) is 1. The SMILES string of the molecule is CON(C)C(=O)C[C@H](C)OC(N)=O. The summed E-state index contributed by atoms with van der Waals surface area (Å²) in [4.78, 5) is 26.0. The van der Waals surface area contributed by atoms with Crippen molar-refractivity contribution in [2.24, 2.45) is 5.73 Å². The van der Waals surface area contributed by atoms with Gasteiger partial charge in [0.15, 0.2) is 0 Å². The molecular formula is C7H14N2O4. The van der Waals surface area contributed by atoms with Gasteiger partial charge in [-0.3, -0.25) is 9.63 Å². The van der Waals surface area contributed by atoms with E-state index in [4.69, 9.17) is 5.73 Å². The molecule has 0 aliphatic rings. The van der Waals surface area contributed by atoms with E-state index in [2.05, 4.69) is 9.57 Å². The number of ether oxygens (including phenoxy) is 1. The van der Waals surface area contributed by atoms with E-state index in [0.717, 1.165) is 5.06 Å². The number of carbonyl (C=O) groups is 2. The van der Waals surface area contributed by atoms with Gasteiger partial charge in [0, 0.05) is 7.05 Å². The molecule has 2 amide bonds. The molecule has 0 aromatic rings. The lowest BCUT2D eigenvalue weighted by molar-refractivity contribution is -0.170. The number of carbonyl (C=O) groups excluding carboxylic acids is 2. The van der Waals surface area contributed by atoms with Gasteiger partial charge >= 0.3 is 6.09 Å². The molecule has 0 fully saturated rings. The molecule has 0 saturated heterocycles. The molecule has 0 rings (SSSR count). The Hall–Kier alpha value is -1.30. The van der Waals surface area contributed by atoms with Crippen LogP contribution in [0.3, 0.4) is 0 Å². The maximum Gasteiger partial charge on any atom is 0.404 e. The third-order valence-electron chi connectivity index (χ3n) is 1.40. The number of amides is 2. The molecule has 0 aromatic carbocycles. The number of hydrogen-bond acceptors (Lipinski definition) is 4. The van der Waals surface area contributed by atoms with Crippen molar-refractivity contribution in [3.05, 3.63) is 0 Å². The van der Waals surface area contributed by atoms with Crippen molar-refractivity contribution in [1.29, 1.82) is 0 Å². The Morgan fingerprint density at radius 3 is 2.46 bits per heavy atom. The Morgan fingerprint density at radius 2 is 2.08 bits per heavy atom. The van der Waals surface area contributed by atoms with Gasteiger partial charge < -0.3 is 10.5 Å². The van der Waals surface area contributed by atoms with E-state index in [-0.39, 0.29) is 12.3 Å². The van der Waals surface area contributed by atoms with Crippen LogP contribution >= 0.6 is 0 Å². The summed E-state index contributed by atoms with van der Waals surface area (Å²) in [5.74, 6) is -0.281. The highest BCUT2D eigenvalue weighted by Crippen LogP contribution is 2.00. The van der Waals surface area contributed by atoms with Crippen LogP contribution in [-0.2, 0) is 14.4 Å². The van der Waals surface area contributed by atoms with Crippen molar-refractivity contribution in [2.75, 3.05) is 14.2 Å². The Bertz CT molecular complexity index is 195. The fourth-order valence-electron chi connectivity index (χ4n) is 0.716. The van der Waals surface area contributed by atoms with E-state index in [0.29, 0.717) is 0 Å². The van der Waals surface area contributed by atoms with Crippen molar-refractivity contribution in [3.8, 4) is 0 Å². The molecule has 13 heavy (non-hydrogen) atoms. The molecule has 2 N–H and O–H groups in total. The van der Waals surface area contributed by atoms with E-state index >= 15 is 0 Å². The van der Waals surface area contributed by atoms with Crippen LogP contribution in [0.2, 0.25) is 0 Å². The zero-order chi connectivity index (χ0) is 10.4. The predicted molar refractivity (Wildman–Crippen MR) is 44.5 cm³/mol. The summed E-state index contributed by atoms with van der Waals surface area (Å²) in [5, 5.41) is 1.06. The Balaban J connectivity index is 3.84. The molecule has 76 valence electrons. The summed E-state index contributed by atoms with van der Waals surface area (Å²) in [6.45, 7) is 1.58. The Kier molecular flexibility index (Phi) is 4.83. The summed E-state index contributed by atoms with van der Waals surface area (Å²) >= 11 is 0. The number of hydroxylamine groups is 2. The van der Waals surface area contributed by atoms with Gasteiger partial charge in [-0.1, -0.05) is 0 Å². The first-order valence-corrected chi connectivity index (χ1v) is 3.74. The lowest BCUT2D eigenvalue weighted by Gasteiger charge is -2.16. The van der Waals surface area contributed by atoms with Gasteiger partial charge in [-0.05, 0) is 6.92 Å². The minimum atomic E-state index is -0.889.